The van der Waals surface area contributed by atoms with Gasteiger partial charge in [-0.1, -0.05) is 302 Å². The Balaban J connectivity index is 3.35. The standard InChI is InChI=1S/C63H123NO5/c1-3-5-7-9-11-13-15-35-39-43-47-51-55-61(66)60(59-65)64-62(67)56-52-48-44-40-36-33-31-29-27-25-23-21-19-17-18-20-22-24-26-28-30-32-34-38-42-46-50-54-58-69-63(68)57-53-49-45-41-37-16-14-12-10-8-6-4-2/h17-18,60-61,65-66H,3-16,19-59H2,1-2H3,(H,64,67)/b18-17-. The maximum atomic E-state index is 12.5. The molecule has 0 fully saturated rings. The number of hydrogen-bond acceptors (Lipinski definition) is 5. The normalized spacial score (nSPS) is 12.6. The number of carbonyl (C=O) groups is 2. The van der Waals surface area contributed by atoms with Crippen LogP contribution in [0.2, 0.25) is 0 Å². The van der Waals surface area contributed by atoms with Crippen molar-refractivity contribution in [3.8, 4) is 0 Å². The number of ether oxygens (including phenoxy) is 1. The lowest BCUT2D eigenvalue weighted by Crippen LogP contribution is -2.45. The van der Waals surface area contributed by atoms with Gasteiger partial charge >= 0.3 is 5.97 Å². The summed E-state index contributed by atoms with van der Waals surface area (Å²) in [5, 5.41) is 23.2. The Morgan fingerprint density at radius 1 is 0.391 bits per heavy atom. The van der Waals surface area contributed by atoms with Crippen molar-refractivity contribution in [3.05, 3.63) is 12.2 Å². The number of amides is 1. The van der Waals surface area contributed by atoms with Gasteiger partial charge in [0.05, 0.1) is 25.4 Å². The highest BCUT2D eigenvalue weighted by Gasteiger charge is 2.20. The van der Waals surface area contributed by atoms with Crippen LogP contribution in [0.4, 0.5) is 0 Å². The quantitative estimate of drug-likeness (QED) is 0.0321. The van der Waals surface area contributed by atoms with Crippen LogP contribution in [-0.4, -0.2) is 47.4 Å². The van der Waals surface area contributed by atoms with Gasteiger partial charge < -0.3 is 20.3 Å². The Morgan fingerprint density at radius 2 is 0.681 bits per heavy atom. The SMILES string of the molecule is CCCCCCCCCCCCCCC(=O)OCCCCCCCCCCCCCC/C=C\CCCCCCCCCCCCCCC(=O)NC(CO)C(O)CCCCCCCCCCCCCC. The summed E-state index contributed by atoms with van der Waals surface area (Å²) in [4.78, 5) is 24.5. The van der Waals surface area contributed by atoms with Crippen molar-refractivity contribution in [3.63, 3.8) is 0 Å². The fraction of sp³-hybridized carbons (Fsp3) is 0.937. The van der Waals surface area contributed by atoms with Gasteiger partial charge in [0.1, 0.15) is 0 Å². The first-order chi connectivity index (χ1) is 34.0. The number of rotatable bonds is 59. The van der Waals surface area contributed by atoms with Gasteiger partial charge in [0, 0.05) is 12.8 Å². The molecule has 1 amide bonds. The lowest BCUT2D eigenvalue weighted by molar-refractivity contribution is -0.143. The molecule has 0 aliphatic heterocycles. The summed E-state index contributed by atoms with van der Waals surface area (Å²) in [5.74, 6) is -0.0167. The van der Waals surface area contributed by atoms with E-state index < -0.39 is 12.1 Å². The van der Waals surface area contributed by atoms with Crippen LogP contribution >= 0.6 is 0 Å². The second-order valence-electron chi connectivity index (χ2n) is 21.7. The summed E-state index contributed by atoms with van der Waals surface area (Å²) >= 11 is 0. The average Bonchev–Trinajstić information content (AvgIpc) is 3.35. The fourth-order valence-electron chi connectivity index (χ4n) is 9.99. The molecule has 0 saturated carbocycles. The number of aliphatic hydroxyl groups is 2. The second kappa shape index (κ2) is 59.2. The highest BCUT2D eigenvalue weighted by atomic mass is 16.5. The van der Waals surface area contributed by atoms with Crippen molar-refractivity contribution in [2.75, 3.05) is 13.2 Å². The predicted octanol–water partition coefficient (Wildman–Crippen LogP) is 19.6. The molecular formula is C63H123NO5. The molecule has 0 aromatic rings. The third-order valence-corrected chi connectivity index (χ3v) is 14.8. The molecule has 0 radical (unpaired) electrons. The van der Waals surface area contributed by atoms with E-state index in [9.17, 15) is 19.8 Å². The number of nitrogens with one attached hydrogen (secondary N) is 1. The molecule has 6 nitrogen and oxygen atoms in total. The summed E-state index contributed by atoms with van der Waals surface area (Å²) in [6.07, 6.45) is 70.9. The van der Waals surface area contributed by atoms with Crippen LogP contribution < -0.4 is 5.32 Å². The molecule has 2 atom stereocenters. The average molecular weight is 975 g/mol. The van der Waals surface area contributed by atoms with Gasteiger partial charge in [0.15, 0.2) is 0 Å². The number of esters is 1. The molecule has 0 spiro atoms. The van der Waals surface area contributed by atoms with Crippen LogP contribution in [0.3, 0.4) is 0 Å². The van der Waals surface area contributed by atoms with Crippen molar-refractivity contribution in [2.45, 2.75) is 366 Å². The number of unbranched alkanes of at least 4 members (excludes halogenated alkanes) is 46. The zero-order valence-electron chi connectivity index (χ0n) is 46.8. The summed E-state index contributed by atoms with van der Waals surface area (Å²) in [6, 6.07) is -0.539. The van der Waals surface area contributed by atoms with Gasteiger partial charge in [-0.25, -0.2) is 0 Å². The third kappa shape index (κ3) is 55.8. The first kappa shape index (κ1) is 67.6. The van der Waals surface area contributed by atoms with Gasteiger partial charge in [0.25, 0.3) is 0 Å². The smallest absolute Gasteiger partial charge is 0.305 e. The topological polar surface area (TPSA) is 95.9 Å². The van der Waals surface area contributed by atoms with Crippen LogP contribution in [0.5, 0.6) is 0 Å². The van der Waals surface area contributed by atoms with Gasteiger partial charge in [-0.3, -0.25) is 9.59 Å². The fourth-order valence-corrected chi connectivity index (χ4v) is 9.99. The van der Waals surface area contributed by atoms with Crippen LogP contribution in [-0.2, 0) is 14.3 Å². The predicted molar refractivity (Wildman–Crippen MR) is 301 cm³/mol. The minimum Gasteiger partial charge on any atom is -0.466 e. The van der Waals surface area contributed by atoms with Crippen molar-refractivity contribution in [1.29, 1.82) is 0 Å². The van der Waals surface area contributed by atoms with Crippen LogP contribution in [0.25, 0.3) is 0 Å². The minimum absolute atomic E-state index is 0.0170. The maximum absolute atomic E-state index is 12.5. The van der Waals surface area contributed by atoms with Gasteiger partial charge in [-0.15, -0.1) is 0 Å². The summed E-state index contributed by atoms with van der Waals surface area (Å²) in [5.41, 5.74) is 0. The number of carbonyl (C=O) groups excluding carboxylic acids is 2. The molecule has 6 heteroatoms. The monoisotopic (exact) mass is 974 g/mol. The molecule has 3 N–H and O–H groups in total. The van der Waals surface area contributed by atoms with E-state index in [1.807, 2.05) is 0 Å². The van der Waals surface area contributed by atoms with Crippen molar-refractivity contribution in [1.82, 2.24) is 5.32 Å². The van der Waals surface area contributed by atoms with Gasteiger partial charge in [-0.2, -0.15) is 0 Å². The molecule has 0 rings (SSSR count). The molecule has 0 aromatic carbocycles. The first-order valence-corrected chi connectivity index (χ1v) is 31.4. The number of allylic oxidation sites excluding steroid dienone is 2. The van der Waals surface area contributed by atoms with E-state index in [2.05, 4.69) is 31.3 Å². The Bertz CT molecular complexity index is 1030. The molecule has 0 aliphatic rings. The zero-order valence-corrected chi connectivity index (χ0v) is 46.8. The first-order valence-electron chi connectivity index (χ1n) is 31.4. The van der Waals surface area contributed by atoms with Crippen molar-refractivity contribution < 1.29 is 24.5 Å². The second-order valence-corrected chi connectivity index (χ2v) is 21.7. The maximum Gasteiger partial charge on any atom is 0.305 e. The molecule has 69 heavy (non-hydrogen) atoms. The summed E-state index contributed by atoms with van der Waals surface area (Å²) < 4.78 is 5.48. The van der Waals surface area contributed by atoms with Crippen LogP contribution in [0.1, 0.15) is 354 Å². The molecule has 2 unspecified atom stereocenters. The van der Waals surface area contributed by atoms with E-state index in [0.29, 0.717) is 25.9 Å². The molecular weight excluding hydrogens is 851 g/mol. The molecule has 0 aromatic heterocycles. The summed E-state index contributed by atoms with van der Waals surface area (Å²) in [6.45, 7) is 4.97. The lowest BCUT2D eigenvalue weighted by atomic mass is 10.0. The van der Waals surface area contributed by atoms with Crippen molar-refractivity contribution >= 4 is 11.9 Å². The molecule has 410 valence electrons. The summed E-state index contributed by atoms with van der Waals surface area (Å²) in [7, 11) is 0. The third-order valence-electron chi connectivity index (χ3n) is 14.8. The van der Waals surface area contributed by atoms with Gasteiger partial charge in [-0.05, 0) is 51.4 Å². The lowest BCUT2D eigenvalue weighted by Gasteiger charge is -2.22. The Hall–Kier alpha value is -1.40. The molecule has 0 heterocycles. The van der Waals surface area contributed by atoms with E-state index >= 15 is 0 Å². The Kier molecular flexibility index (Phi) is 58.0. The Morgan fingerprint density at radius 3 is 1.03 bits per heavy atom. The van der Waals surface area contributed by atoms with E-state index in [1.165, 1.54) is 283 Å². The van der Waals surface area contributed by atoms with E-state index in [4.69, 9.17) is 4.74 Å². The highest BCUT2D eigenvalue weighted by molar-refractivity contribution is 5.76. The zero-order chi connectivity index (χ0) is 50.0. The largest absolute Gasteiger partial charge is 0.466 e. The van der Waals surface area contributed by atoms with E-state index in [0.717, 1.165) is 38.5 Å². The highest BCUT2D eigenvalue weighted by Crippen LogP contribution is 2.18. The van der Waals surface area contributed by atoms with Crippen LogP contribution in [0.15, 0.2) is 12.2 Å². The van der Waals surface area contributed by atoms with Crippen molar-refractivity contribution in [2.24, 2.45) is 0 Å². The number of hydrogen-bond donors (Lipinski definition) is 3. The van der Waals surface area contributed by atoms with E-state index in [1.54, 1.807) is 0 Å². The minimum atomic E-state index is -0.662. The molecule has 0 aliphatic carbocycles. The Labute approximate surface area is 431 Å². The van der Waals surface area contributed by atoms with E-state index in [-0.39, 0.29) is 18.5 Å². The van der Waals surface area contributed by atoms with Crippen LogP contribution in [0, 0.1) is 0 Å². The van der Waals surface area contributed by atoms with Gasteiger partial charge in [0.2, 0.25) is 5.91 Å². The number of aliphatic hydroxyl groups excluding tert-OH is 2. The molecule has 0 bridgehead atoms. The molecule has 0 saturated heterocycles.